The van der Waals surface area contributed by atoms with Crippen molar-refractivity contribution in [2.45, 2.75) is 38.5 Å². The van der Waals surface area contributed by atoms with Crippen LogP contribution < -0.4 is 0 Å². The second kappa shape index (κ2) is 3.82. The maximum atomic E-state index is 10.6. The summed E-state index contributed by atoms with van der Waals surface area (Å²) in [4.78, 5) is 10.6. The molecule has 4 heteroatoms. The maximum Gasteiger partial charge on any atom is 0.309 e. The third-order valence-corrected chi connectivity index (χ3v) is 2.60. The van der Waals surface area contributed by atoms with E-state index in [2.05, 4.69) is 5.16 Å². The highest BCUT2D eigenvalue weighted by molar-refractivity contribution is 5.70. The average Bonchev–Trinajstić information content (AvgIpc) is 2.37. The van der Waals surface area contributed by atoms with E-state index in [0.29, 0.717) is 5.69 Å². The predicted octanol–water partition coefficient (Wildman–Crippen LogP) is 1.57. The van der Waals surface area contributed by atoms with Crippen LogP contribution in [0.4, 0.5) is 0 Å². The summed E-state index contributed by atoms with van der Waals surface area (Å²) in [5.74, 6) is 0.0593. The Labute approximate surface area is 81.9 Å². The van der Waals surface area contributed by atoms with E-state index in [4.69, 9.17) is 9.63 Å². The third-order valence-electron chi connectivity index (χ3n) is 2.60. The van der Waals surface area contributed by atoms with Crippen molar-refractivity contribution in [2.24, 2.45) is 0 Å². The van der Waals surface area contributed by atoms with Crippen LogP contribution in [0.2, 0.25) is 0 Å². The number of carboxylic acids is 1. The first-order chi connectivity index (χ1) is 6.77. The standard InChI is InChI=1S/C10H13NO3/c12-10(13)6-8-7-4-2-1-3-5-9(7)14-11-8/h1-6H2,(H,12,13). The van der Waals surface area contributed by atoms with Crippen molar-refractivity contribution in [3.8, 4) is 0 Å². The minimum absolute atomic E-state index is 0.0150. The molecule has 1 N–H and O–H groups in total. The molecule has 1 aromatic heterocycles. The van der Waals surface area contributed by atoms with Crippen LogP contribution in [0.3, 0.4) is 0 Å². The Morgan fingerprint density at radius 2 is 2.14 bits per heavy atom. The Morgan fingerprint density at radius 1 is 1.36 bits per heavy atom. The molecular formula is C10H13NO3. The smallest absolute Gasteiger partial charge is 0.309 e. The van der Waals surface area contributed by atoms with Gasteiger partial charge in [0, 0.05) is 12.0 Å². The van der Waals surface area contributed by atoms with Crippen molar-refractivity contribution >= 4 is 5.97 Å². The van der Waals surface area contributed by atoms with E-state index in [9.17, 15) is 4.79 Å². The third kappa shape index (κ3) is 1.78. The van der Waals surface area contributed by atoms with E-state index < -0.39 is 5.97 Å². The van der Waals surface area contributed by atoms with Crippen LogP contribution >= 0.6 is 0 Å². The number of rotatable bonds is 2. The largest absolute Gasteiger partial charge is 0.481 e. The van der Waals surface area contributed by atoms with Gasteiger partial charge >= 0.3 is 5.97 Å². The van der Waals surface area contributed by atoms with Crippen molar-refractivity contribution in [3.05, 3.63) is 17.0 Å². The molecule has 0 amide bonds. The highest BCUT2D eigenvalue weighted by atomic mass is 16.5. The Hall–Kier alpha value is -1.32. The summed E-state index contributed by atoms with van der Waals surface area (Å²) in [6.45, 7) is 0. The number of carboxylic acid groups (broad SMARTS) is 1. The SMILES string of the molecule is O=C(O)Cc1noc2c1CCCCC2. The lowest BCUT2D eigenvalue weighted by molar-refractivity contribution is -0.136. The first-order valence-corrected chi connectivity index (χ1v) is 4.95. The summed E-state index contributed by atoms with van der Waals surface area (Å²) >= 11 is 0. The minimum Gasteiger partial charge on any atom is -0.481 e. The summed E-state index contributed by atoms with van der Waals surface area (Å²) in [5, 5.41) is 12.5. The predicted molar refractivity (Wildman–Crippen MR) is 49.1 cm³/mol. The van der Waals surface area contributed by atoms with Crippen molar-refractivity contribution in [1.29, 1.82) is 0 Å². The van der Waals surface area contributed by atoms with Gasteiger partial charge in [-0.25, -0.2) is 0 Å². The molecule has 0 spiro atoms. The van der Waals surface area contributed by atoms with Gasteiger partial charge in [-0.05, 0) is 19.3 Å². The van der Waals surface area contributed by atoms with E-state index in [1.165, 1.54) is 6.42 Å². The summed E-state index contributed by atoms with van der Waals surface area (Å²) in [6, 6.07) is 0. The van der Waals surface area contributed by atoms with Crippen molar-refractivity contribution in [3.63, 3.8) is 0 Å². The molecule has 1 heterocycles. The van der Waals surface area contributed by atoms with Crippen LogP contribution in [-0.2, 0) is 24.1 Å². The summed E-state index contributed by atoms with van der Waals surface area (Å²) in [6.07, 6.45) is 5.23. The van der Waals surface area contributed by atoms with Crippen molar-refractivity contribution in [1.82, 2.24) is 5.16 Å². The fourth-order valence-corrected chi connectivity index (χ4v) is 1.91. The number of hydrogen-bond donors (Lipinski definition) is 1. The number of nitrogens with zero attached hydrogens (tertiary/aromatic N) is 1. The fraction of sp³-hybridized carbons (Fsp3) is 0.600. The van der Waals surface area contributed by atoms with Gasteiger partial charge in [-0.2, -0.15) is 0 Å². The fourth-order valence-electron chi connectivity index (χ4n) is 1.91. The molecule has 1 aromatic rings. The van der Waals surface area contributed by atoms with E-state index in [-0.39, 0.29) is 6.42 Å². The van der Waals surface area contributed by atoms with Gasteiger partial charge in [0.15, 0.2) is 0 Å². The minimum atomic E-state index is -0.842. The quantitative estimate of drug-likeness (QED) is 0.727. The lowest BCUT2D eigenvalue weighted by Crippen LogP contribution is -2.03. The molecule has 0 aliphatic heterocycles. The van der Waals surface area contributed by atoms with Gasteiger partial charge in [0.1, 0.15) is 5.76 Å². The summed E-state index contributed by atoms with van der Waals surface area (Å²) < 4.78 is 5.15. The second-order valence-corrected chi connectivity index (χ2v) is 3.66. The van der Waals surface area contributed by atoms with E-state index in [1.54, 1.807) is 0 Å². The highest BCUT2D eigenvalue weighted by Gasteiger charge is 2.19. The molecule has 4 nitrogen and oxygen atoms in total. The van der Waals surface area contributed by atoms with Crippen LogP contribution in [0.1, 0.15) is 36.3 Å². The molecule has 76 valence electrons. The maximum absolute atomic E-state index is 10.6. The lowest BCUT2D eigenvalue weighted by Gasteiger charge is -1.96. The van der Waals surface area contributed by atoms with Gasteiger partial charge in [0.05, 0.1) is 12.1 Å². The summed E-state index contributed by atoms with van der Waals surface area (Å²) in [5.41, 5.74) is 1.67. The van der Waals surface area contributed by atoms with Gasteiger partial charge in [-0.1, -0.05) is 11.6 Å². The molecule has 0 bridgehead atoms. The first kappa shape index (κ1) is 9.24. The second-order valence-electron chi connectivity index (χ2n) is 3.66. The number of aliphatic carboxylic acids is 1. The zero-order chi connectivity index (χ0) is 9.97. The monoisotopic (exact) mass is 195 g/mol. The van der Waals surface area contributed by atoms with Gasteiger partial charge in [-0.3, -0.25) is 4.79 Å². The van der Waals surface area contributed by atoms with Crippen molar-refractivity contribution in [2.75, 3.05) is 0 Å². The molecule has 1 aliphatic carbocycles. The topological polar surface area (TPSA) is 63.3 Å². The van der Waals surface area contributed by atoms with Crippen LogP contribution in [0.15, 0.2) is 4.52 Å². The van der Waals surface area contributed by atoms with Crippen LogP contribution in [0.5, 0.6) is 0 Å². The zero-order valence-electron chi connectivity index (χ0n) is 7.95. The van der Waals surface area contributed by atoms with Gasteiger partial charge < -0.3 is 9.63 Å². The van der Waals surface area contributed by atoms with Gasteiger partial charge in [-0.15, -0.1) is 0 Å². The van der Waals surface area contributed by atoms with Gasteiger partial charge in [0.25, 0.3) is 0 Å². The Kier molecular flexibility index (Phi) is 2.52. The number of hydrogen-bond acceptors (Lipinski definition) is 3. The molecule has 14 heavy (non-hydrogen) atoms. The molecule has 0 atom stereocenters. The lowest BCUT2D eigenvalue weighted by atomic mass is 10.1. The zero-order valence-corrected chi connectivity index (χ0v) is 7.95. The molecule has 0 saturated heterocycles. The molecule has 0 saturated carbocycles. The molecule has 0 radical (unpaired) electrons. The van der Waals surface area contributed by atoms with E-state index in [1.807, 2.05) is 0 Å². The Bertz CT molecular complexity index is 343. The average molecular weight is 195 g/mol. The highest BCUT2D eigenvalue weighted by Crippen LogP contribution is 2.23. The Morgan fingerprint density at radius 3 is 2.93 bits per heavy atom. The molecule has 0 fully saturated rings. The number of aryl methyl sites for hydroxylation is 1. The van der Waals surface area contributed by atoms with Crippen molar-refractivity contribution < 1.29 is 14.4 Å². The first-order valence-electron chi connectivity index (χ1n) is 4.95. The molecule has 0 aromatic carbocycles. The molecule has 0 unspecified atom stereocenters. The molecular weight excluding hydrogens is 182 g/mol. The molecule has 1 aliphatic rings. The summed E-state index contributed by atoms with van der Waals surface area (Å²) in [7, 11) is 0. The van der Waals surface area contributed by atoms with Crippen LogP contribution in [0.25, 0.3) is 0 Å². The van der Waals surface area contributed by atoms with E-state index >= 15 is 0 Å². The molecule has 2 rings (SSSR count). The van der Waals surface area contributed by atoms with Gasteiger partial charge in [0.2, 0.25) is 0 Å². The van der Waals surface area contributed by atoms with Crippen LogP contribution in [0, 0.1) is 0 Å². The van der Waals surface area contributed by atoms with Crippen LogP contribution in [-0.4, -0.2) is 16.2 Å². The number of aromatic nitrogens is 1. The Balaban J connectivity index is 2.24. The van der Waals surface area contributed by atoms with E-state index in [0.717, 1.165) is 37.0 Å². The normalized spacial score (nSPS) is 16.0. The number of carbonyl (C=O) groups is 1. The number of fused-ring (bicyclic) bond motifs is 1.